The second-order valence-electron chi connectivity index (χ2n) is 4.75. The molecule has 2 aromatic carbocycles. The van der Waals surface area contributed by atoms with E-state index in [0.717, 1.165) is 29.3 Å². The summed E-state index contributed by atoms with van der Waals surface area (Å²) in [7, 11) is 0. The van der Waals surface area contributed by atoms with Crippen LogP contribution >= 0.6 is 0 Å². The first-order valence-corrected chi connectivity index (χ1v) is 6.20. The monoisotopic (exact) mass is 288 g/mol. The van der Waals surface area contributed by atoms with Crippen molar-refractivity contribution in [2.75, 3.05) is 5.32 Å². The number of aryl methyl sites for hydroxylation is 2. The number of nitro groups is 1. The number of amides is 1. The number of halogens is 1. The topological polar surface area (TPSA) is 72.2 Å². The lowest BCUT2D eigenvalue weighted by atomic mass is 10.1. The lowest BCUT2D eigenvalue weighted by molar-refractivity contribution is -0.384. The van der Waals surface area contributed by atoms with Crippen LogP contribution in [-0.2, 0) is 0 Å². The molecule has 1 N–H and O–H groups in total. The Kier molecular flexibility index (Phi) is 3.98. The van der Waals surface area contributed by atoms with E-state index < -0.39 is 16.6 Å². The highest BCUT2D eigenvalue weighted by Crippen LogP contribution is 2.22. The minimum atomic E-state index is -0.724. The van der Waals surface area contributed by atoms with Crippen molar-refractivity contribution in [3.63, 3.8) is 0 Å². The van der Waals surface area contributed by atoms with Crippen molar-refractivity contribution in [2.45, 2.75) is 13.8 Å². The number of benzene rings is 2. The number of carbonyl (C=O) groups is 1. The first kappa shape index (κ1) is 14.6. The van der Waals surface area contributed by atoms with Gasteiger partial charge in [-0.15, -0.1) is 0 Å². The molecular weight excluding hydrogens is 275 g/mol. The van der Waals surface area contributed by atoms with Gasteiger partial charge in [-0.25, -0.2) is 4.39 Å². The molecule has 0 aromatic heterocycles. The summed E-state index contributed by atoms with van der Waals surface area (Å²) in [5, 5.41) is 13.0. The number of carbonyl (C=O) groups excluding carboxylic acids is 1. The van der Waals surface area contributed by atoms with Gasteiger partial charge in [0.2, 0.25) is 0 Å². The van der Waals surface area contributed by atoms with Crippen LogP contribution in [0.15, 0.2) is 36.4 Å². The van der Waals surface area contributed by atoms with E-state index in [1.54, 1.807) is 12.1 Å². The van der Waals surface area contributed by atoms with E-state index in [0.29, 0.717) is 5.56 Å². The van der Waals surface area contributed by atoms with Crippen molar-refractivity contribution in [2.24, 2.45) is 0 Å². The summed E-state index contributed by atoms with van der Waals surface area (Å²) < 4.78 is 13.6. The minimum absolute atomic E-state index is 0.214. The van der Waals surface area contributed by atoms with Crippen molar-refractivity contribution >= 4 is 17.3 Å². The molecule has 1 amide bonds. The van der Waals surface area contributed by atoms with Gasteiger partial charge in [-0.1, -0.05) is 17.2 Å². The Morgan fingerprint density at radius 2 is 1.76 bits per heavy atom. The van der Waals surface area contributed by atoms with Crippen LogP contribution in [-0.4, -0.2) is 10.8 Å². The zero-order valence-corrected chi connectivity index (χ0v) is 11.5. The summed E-state index contributed by atoms with van der Waals surface area (Å²) in [6.45, 7) is 3.69. The number of hydrogen-bond donors (Lipinski definition) is 1. The fourth-order valence-corrected chi connectivity index (χ4v) is 2.02. The maximum absolute atomic E-state index is 13.6. The van der Waals surface area contributed by atoms with Crippen LogP contribution in [0.5, 0.6) is 0 Å². The molecule has 0 radical (unpaired) electrons. The average molecular weight is 288 g/mol. The Morgan fingerprint density at radius 1 is 1.14 bits per heavy atom. The third-order valence-corrected chi connectivity index (χ3v) is 2.89. The highest BCUT2D eigenvalue weighted by Gasteiger charge is 2.14. The van der Waals surface area contributed by atoms with Gasteiger partial charge >= 0.3 is 0 Å². The molecule has 108 valence electrons. The summed E-state index contributed by atoms with van der Waals surface area (Å²) in [5.74, 6) is -1.24. The fourth-order valence-electron chi connectivity index (χ4n) is 2.02. The van der Waals surface area contributed by atoms with Crippen LogP contribution in [0.2, 0.25) is 0 Å². The number of nitrogens with zero attached hydrogens (tertiary/aromatic N) is 1. The Bertz CT molecular complexity index is 709. The van der Waals surface area contributed by atoms with Gasteiger partial charge in [0.1, 0.15) is 5.82 Å². The van der Waals surface area contributed by atoms with Crippen LogP contribution in [0.25, 0.3) is 0 Å². The molecule has 0 bridgehead atoms. The van der Waals surface area contributed by atoms with E-state index >= 15 is 0 Å². The molecule has 0 saturated heterocycles. The lowest BCUT2D eigenvalue weighted by Crippen LogP contribution is -2.13. The minimum Gasteiger partial charge on any atom is -0.319 e. The molecule has 0 spiro atoms. The van der Waals surface area contributed by atoms with Gasteiger partial charge < -0.3 is 5.32 Å². The standard InChI is InChI=1S/C15H13FN2O3/c1-9-5-10(2)7-11(6-9)15(19)17-14-8-12(18(20)21)3-4-13(14)16/h3-8H,1-2H3,(H,17,19). The largest absolute Gasteiger partial charge is 0.319 e. The summed E-state index contributed by atoms with van der Waals surface area (Å²) in [6.07, 6.45) is 0. The van der Waals surface area contributed by atoms with E-state index in [9.17, 15) is 19.3 Å². The van der Waals surface area contributed by atoms with Crippen molar-refractivity contribution in [3.8, 4) is 0 Å². The van der Waals surface area contributed by atoms with Gasteiger partial charge in [-0.3, -0.25) is 14.9 Å². The summed E-state index contributed by atoms with van der Waals surface area (Å²) in [6, 6.07) is 8.23. The van der Waals surface area contributed by atoms with Gasteiger partial charge in [0.05, 0.1) is 10.6 Å². The van der Waals surface area contributed by atoms with Crippen LogP contribution in [0.3, 0.4) is 0 Å². The molecule has 0 saturated carbocycles. The Hall–Kier alpha value is -2.76. The molecule has 0 aliphatic rings. The molecule has 6 heteroatoms. The summed E-state index contributed by atoms with van der Waals surface area (Å²) >= 11 is 0. The second-order valence-corrected chi connectivity index (χ2v) is 4.75. The maximum Gasteiger partial charge on any atom is 0.271 e. The van der Waals surface area contributed by atoms with Gasteiger partial charge in [0.15, 0.2) is 0 Å². The summed E-state index contributed by atoms with van der Waals surface area (Å²) in [4.78, 5) is 22.1. The smallest absolute Gasteiger partial charge is 0.271 e. The molecule has 0 aliphatic heterocycles. The molecule has 21 heavy (non-hydrogen) atoms. The molecule has 0 fully saturated rings. The van der Waals surface area contributed by atoms with Crippen molar-refractivity contribution in [1.29, 1.82) is 0 Å². The molecule has 5 nitrogen and oxygen atoms in total. The van der Waals surface area contributed by atoms with Gasteiger partial charge in [0, 0.05) is 17.7 Å². The number of rotatable bonds is 3. The Labute approximate surface area is 120 Å². The molecule has 2 aromatic rings. The number of nitro benzene ring substituents is 1. The molecule has 0 heterocycles. The van der Waals surface area contributed by atoms with E-state index in [2.05, 4.69) is 5.32 Å². The zero-order valence-electron chi connectivity index (χ0n) is 11.5. The third kappa shape index (κ3) is 3.42. The predicted octanol–water partition coefficient (Wildman–Crippen LogP) is 3.60. The van der Waals surface area contributed by atoms with Crippen LogP contribution in [0.1, 0.15) is 21.5 Å². The van der Waals surface area contributed by atoms with Crippen LogP contribution < -0.4 is 5.32 Å². The number of hydrogen-bond acceptors (Lipinski definition) is 3. The van der Waals surface area contributed by atoms with Gasteiger partial charge in [-0.2, -0.15) is 0 Å². The highest BCUT2D eigenvalue weighted by atomic mass is 19.1. The second kappa shape index (κ2) is 5.70. The molecule has 0 aliphatic carbocycles. The first-order chi connectivity index (χ1) is 9.86. The van der Waals surface area contributed by atoms with E-state index in [1.165, 1.54) is 0 Å². The predicted molar refractivity (Wildman–Crippen MR) is 76.9 cm³/mol. The quantitative estimate of drug-likeness (QED) is 0.692. The fraction of sp³-hybridized carbons (Fsp3) is 0.133. The SMILES string of the molecule is Cc1cc(C)cc(C(=O)Nc2cc([N+](=O)[O-])ccc2F)c1. The van der Waals surface area contributed by atoms with Crippen molar-refractivity contribution in [1.82, 2.24) is 0 Å². The normalized spacial score (nSPS) is 10.2. The van der Waals surface area contributed by atoms with Crippen LogP contribution in [0, 0.1) is 29.8 Å². The van der Waals surface area contributed by atoms with E-state index in [1.807, 2.05) is 19.9 Å². The summed E-state index contributed by atoms with van der Waals surface area (Å²) in [5.41, 5.74) is 1.68. The van der Waals surface area contributed by atoms with E-state index in [4.69, 9.17) is 0 Å². The molecular formula is C15H13FN2O3. The highest BCUT2D eigenvalue weighted by molar-refractivity contribution is 6.04. The van der Waals surface area contributed by atoms with Crippen molar-refractivity contribution < 1.29 is 14.1 Å². The van der Waals surface area contributed by atoms with Crippen LogP contribution in [0.4, 0.5) is 15.8 Å². The first-order valence-electron chi connectivity index (χ1n) is 6.20. The Balaban J connectivity index is 2.31. The Morgan fingerprint density at radius 3 is 2.33 bits per heavy atom. The third-order valence-electron chi connectivity index (χ3n) is 2.89. The van der Waals surface area contributed by atoms with E-state index in [-0.39, 0.29) is 11.4 Å². The zero-order chi connectivity index (χ0) is 15.6. The lowest BCUT2D eigenvalue weighted by Gasteiger charge is -2.08. The molecule has 0 atom stereocenters. The molecule has 0 unspecified atom stereocenters. The van der Waals surface area contributed by atoms with Gasteiger partial charge in [-0.05, 0) is 32.0 Å². The number of anilines is 1. The van der Waals surface area contributed by atoms with Gasteiger partial charge in [0.25, 0.3) is 11.6 Å². The average Bonchev–Trinajstić information content (AvgIpc) is 2.39. The number of nitrogens with one attached hydrogen (secondary N) is 1. The maximum atomic E-state index is 13.6. The molecule has 2 rings (SSSR count). The number of non-ortho nitro benzene ring substituents is 1. The van der Waals surface area contributed by atoms with Crippen molar-refractivity contribution in [3.05, 3.63) is 69.0 Å².